The molecule has 0 aliphatic carbocycles. The molecule has 5 nitrogen and oxygen atoms in total. The van der Waals surface area contributed by atoms with Crippen LogP contribution >= 0.6 is 0 Å². The second-order valence-corrected chi connectivity index (χ2v) is 5.29. The highest BCUT2D eigenvalue weighted by atomic mass is 16.5. The van der Waals surface area contributed by atoms with Crippen molar-refractivity contribution in [2.24, 2.45) is 0 Å². The summed E-state index contributed by atoms with van der Waals surface area (Å²) in [7, 11) is 3.03. The molecular formula is C19H20N2O3. The third kappa shape index (κ3) is 4.46. The number of hydrazine groups is 1. The van der Waals surface area contributed by atoms with Gasteiger partial charge in [0.1, 0.15) is 5.70 Å². The van der Waals surface area contributed by atoms with E-state index in [0.717, 1.165) is 11.3 Å². The number of allylic oxidation sites excluding steroid dienone is 1. The molecule has 24 heavy (non-hydrogen) atoms. The number of hydrogen-bond donors (Lipinski definition) is 1. The fourth-order valence-electron chi connectivity index (χ4n) is 2.08. The number of nitrogens with zero attached hydrogens (tertiary/aromatic N) is 1. The smallest absolute Gasteiger partial charge is 0.356 e. The Morgan fingerprint density at radius 1 is 1.04 bits per heavy atom. The Hall–Kier alpha value is -3.08. The molecular weight excluding hydrogens is 304 g/mol. The van der Waals surface area contributed by atoms with E-state index in [4.69, 9.17) is 4.74 Å². The SMILES string of the molecule is COC(=O)/C(=C/C(=O)c1ccccc1)NN(C)c1ccc(C)cc1. The van der Waals surface area contributed by atoms with Crippen molar-refractivity contribution in [3.05, 3.63) is 77.5 Å². The highest BCUT2D eigenvalue weighted by Crippen LogP contribution is 2.13. The summed E-state index contributed by atoms with van der Waals surface area (Å²) in [6.07, 6.45) is 1.24. The third-order valence-corrected chi connectivity index (χ3v) is 3.45. The lowest BCUT2D eigenvalue weighted by molar-refractivity contribution is -0.136. The molecule has 2 aromatic carbocycles. The molecule has 0 saturated heterocycles. The zero-order valence-electron chi connectivity index (χ0n) is 13.9. The van der Waals surface area contributed by atoms with E-state index in [1.54, 1.807) is 36.3 Å². The molecule has 0 saturated carbocycles. The van der Waals surface area contributed by atoms with Crippen molar-refractivity contribution in [2.45, 2.75) is 6.92 Å². The Bertz CT molecular complexity index is 737. The Labute approximate surface area is 141 Å². The summed E-state index contributed by atoms with van der Waals surface area (Å²) < 4.78 is 4.76. The number of nitrogens with one attached hydrogen (secondary N) is 1. The maximum Gasteiger partial charge on any atom is 0.356 e. The minimum atomic E-state index is -0.613. The number of ether oxygens (including phenoxy) is 1. The Morgan fingerprint density at radius 2 is 1.67 bits per heavy atom. The maximum absolute atomic E-state index is 12.3. The summed E-state index contributed by atoms with van der Waals surface area (Å²) in [5, 5.41) is 1.65. The molecule has 0 bridgehead atoms. The van der Waals surface area contributed by atoms with Crippen molar-refractivity contribution >= 4 is 17.4 Å². The lowest BCUT2D eigenvalue weighted by Crippen LogP contribution is -2.37. The van der Waals surface area contributed by atoms with Crippen molar-refractivity contribution in [1.82, 2.24) is 5.43 Å². The predicted octanol–water partition coefficient (Wildman–Crippen LogP) is 2.88. The van der Waals surface area contributed by atoms with Crippen molar-refractivity contribution in [3.8, 4) is 0 Å². The largest absolute Gasteiger partial charge is 0.464 e. The number of ketones is 1. The molecule has 0 atom stereocenters. The second kappa shape index (κ2) is 7.97. The topological polar surface area (TPSA) is 58.6 Å². The van der Waals surface area contributed by atoms with Crippen LogP contribution < -0.4 is 10.4 Å². The number of hydrogen-bond acceptors (Lipinski definition) is 5. The van der Waals surface area contributed by atoms with Crippen LogP contribution in [0.1, 0.15) is 15.9 Å². The van der Waals surface area contributed by atoms with Gasteiger partial charge in [0.15, 0.2) is 5.78 Å². The van der Waals surface area contributed by atoms with Crippen LogP contribution in [0.4, 0.5) is 5.69 Å². The Morgan fingerprint density at radius 3 is 2.25 bits per heavy atom. The summed E-state index contributed by atoms with van der Waals surface area (Å²) in [5.74, 6) is -0.890. The van der Waals surface area contributed by atoms with E-state index in [1.807, 2.05) is 37.3 Å². The molecule has 0 fully saturated rings. The van der Waals surface area contributed by atoms with Crippen molar-refractivity contribution in [1.29, 1.82) is 0 Å². The van der Waals surface area contributed by atoms with E-state index in [2.05, 4.69) is 5.43 Å². The van der Waals surface area contributed by atoms with E-state index in [-0.39, 0.29) is 11.5 Å². The third-order valence-electron chi connectivity index (χ3n) is 3.45. The van der Waals surface area contributed by atoms with Gasteiger partial charge < -0.3 is 4.74 Å². The van der Waals surface area contributed by atoms with Gasteiger partial charge in [-0.25, -0.2) is 4.79 Å². The van der Waals surface area contributed by atoms with Gasteiger partial charge in [-0.2, -0.15) is 0 Å². The van der Waals surface area contributed by atoms with Gasteiger partial charge in [0.2, 0.25) is 0 Å². The molecule has 124 valence electrons. The summed E-state index contributed by atoms with van der Waals surface area (Å²) in [4.78, 5) is 24.3. The van der Waals surface area contributed by atoms with E-state index in [0.29, 0.717) is 5.56 Å². The van der Waals surface area contributed by atoms with Crippen LogP contribution in [0.15, 0.2) is 66.4 Å². The molecule has 2 rings (SSSR count). The van der Waals surface area contributed by atoms with Gasteiger partial charge in [0.25, 0.3) is 0 Å². The number of rotatable bonds is 6. The van der Waals surface area contributed by atoms with Gasteiger partial charge in [0.05, 0.1) is 12.8 Å². The van der Waals surface area contributed by atoms with Crippen LogP contribution in [0.5, 0.6) is 0 Å². The maximum atomic E-state index is 12.3. The average Bonchev–Trinajstić information content (AvgIpc) is 2.61. The van der Waals surface area contributed by atoms with Crippen LogP contribution in [0.25, 0.3) is 0 Å². The molecule has 0 spiro atoms. The van der Waals surface area contributed by atoms with Crippen LogP contribution in [-0.4, -0.2) is 25.9 Å². The number of benzene rings is 2. The molecule has 0 unspecified atom stereocenters. The van der Waals surface area contributed by atoms with E-state index in [9.17, 15) is 9.59 Å². The zero-order chi connectivity index (χ0) is 17.5. The van der Waals surface area contributed by atoms with Crippen LogP contribution in [0, 0.1) is 6.92 Å². The molecule has 5 heteroatoms. The number of esters is 1. The number of carbonyl (C=O) groups excluding carboxylic acids is 2. The van der Waals surface area contributed by atoms with Gasteiger partial charge in [-0.1, -0.05) is 48.0 Å². The molecule has 0 aromatic heterocycles. The van der Waals surface area contributed by atoms with Crippen LogP contribution in [0.2, 0.25) is 0 Å². The predicted molar refractivity (Wildman–Crippen MR) is 93.6 cm³/mol. The van der Waals surface area contributed by atoms with Crippen LogP contribution in [-0.2, 0) is 9.53 Å². The molecule has 0 aliphatic rings. The molecule has 1 N–H and O–H groups in total. The standard InChI is InChI=1S/C19H20N2O3/c1-14-9-11-16(12-10-14)21(2)20-17(19(23)24-3)13-18(22)15-7-5-4-6-8-15/h4-13,20H,1-3H3/b17-13-. The molecule has 0 aliphatic heterocycles. The summed E-state index contributed by atoms with van der Waals surface area (Å²) in [5.41, 5.74) is 5.45. The van der Waals surface area contributed by atoms with E-state index in [1.165, 1.54) is 13.2 Å². The first-order valence-corrected chi connectivity index (χ1v) is 7.47. The van der Waals surface area contributed by atoms with Gasteiger partial charge >= 0.3 is 5.97 Å². The Kier molecular flexibility index (Phi) is 5.73. The zero-order valence-corrected chi connectivity index (χ0v) is 13.9. The Balaban J connectivity index is 2.22. The molecule has 0 radical (unpaired) electrons. The number of methoxy groups -OCH3 is 1. The van der Waals surface area contributed by atoms with Gasteiger partial charge in [-0.15, -0.1) is 0 Å². The first-order chi connectivity index (χ1) is 11.5. The summed E-state index contributed by atoms with van der Waals surface area (Å²) in [6.45, 7) is 2.00. The molecule has 2 aromatic rings. The fraction of sp³-hybridized carbons (Fsp3) is 0.158. The second-order valence-electron chi connectivity index (χ2n) is 5.29. The van der Waals surface area contributed by atoms with Crippen molar-refractivity contribution < 1.29 is 14.3 Å². The number of anilines is 1. The minimum absolute atomic E-state index is 0.0643. The monoisotopic (exact) mass is 324 g/mol. The molecule has 0 heterocycles. The van der Waals surface area contributed by atoms with E-state index < -0.39 is 5.97 Å². The average molecular weight is 324 g/mol. The van der Waals surface area contributed by atoms with E-state index >= 15 is 0 Å². The number of carbonyl (C=O) groups is 2. The summed E-state index contributed by atoms with van der Waals surface area (Å²) in [6, 6.07) is 16.5. The van der Waals surface area contributed by atoms with Crippen LogP contribution in [0.3, 0.4) is 0 Å². The van der Waals surface area contributed by atoms with Gasteiger partial charge in [0, 0.05) is 18.7 Å². The van der Waals surface area contributed by atoms with Crippen molar-refractivity contribution in [3.63, 3.8) is 0 Å². The lowest BCUT2D eigenvalue weighted by Gasteiger charge is -2.22. The molecule has 0 amide bonds. The highest BCUT2D eigenvalue weighted by Gasteiger charge is 2.15. The first-order valence-electron chi connectivity index (χ1n) is 7.47. The fourth-order valence-corrected chi connectivity index (χ4v) is 2.08. The van der Waals surface area contributed by atoms with Crippen molar-refractivity contribution in [2.75, 3.05) is 19.2 Å². The van der Waals surface area contributed by atoms with Gasteiger partial charge in [-0.3, -0.25) is 15.2 Å². The minimum Gasteiger partial charge on any atom is -0.464 e. The lowest BCUT2D eigenvalue weighted by atomic mass is 10.1. The summed E-state index contributed by atoms with van der Waals surface area (Å²) >= 11 is 0. The quantitative estimate of drug-likeness (QED) is 0.383. The first kappa shape index (κ1) is 17.3. The number of aryl methyl sites for hydroxylation is 1. The van der Waals surface area contributed by atoms with Gasteiger partial charge in [-0.05, 0) is 19.1 Å². The normalized spacial score (nSPS) is 10.9. The highest BCUT2D eigenvalue weighted by molar-refractivity contribution is 6.08.